The first kappa shape index (κ1) is 15.3. The Balaban J connectivity index is 1.85. The van der Waals surface area contributed by atoms with Gasteiger partial charge in [-0.15, -0.1) is 0 Å². The topological polar surface area (TPSA) is 18.5 Å². The molecule has 0 bridgehead atoms. The van der Waals surface area contributed by atoms with Crippen molar-refractivity contribution in [3.05, 3.63) is 0 Å². The molecule has 0 spiro atoms. The summed E-state index contributed by atoms with van der Waals surface area (Å²) in [6.45, 7) is 6.32. The maximum absolute atomic E-state index is 3.57. The summed E-state index contributed by atoms with van der Waals surface area (Å²) in [5.74, 6) is 1.83. The van der Waals surface area contributed by atoms with Crippen molar-refractivity contribution < 1.29 is 0 Å². The van der Waals surface area contributed by atoms with Crippen molar-refractivity contribution in [3.8, 4) is 0 Å². The Kier molecular flexibility index (Phi) is 5.67. The summed E-state index contributed by atoms with van der Waals surface area (Å²) in [6, 6.07) is 1.51. The van der Waals surface area contributed by atoms with E-state index < -0.39 is 0 Å². The molecule has 2 fully saturated rings. The Hall–Kier alpha value is -0.120. The van der Waals surface area contributed by atoms with Crippen molar-refractivity contribution in [3.63, 3.8) is 0 Å². The standard InChI is InChI=1S/C16H33N3/c1-13-5-6-15(17-2)16(11-13)19-9-7-14(8-10-19)12-18(3)4/h13-17H,5-12H2,1-4H3. The average molecular weight is 267 g/mol. The zero-order valence-corrected chi connectivity index (χ0v) is 13.4. The summed E-state index contributed by atoms with van der Waals surface area (Å²) in [5, 5.41) is 3.57. The number of likely N-dealkylation sites (N-methyl/N-ethyl adjacent to an activating group) is 1. The zero-order valence-electron chi connectivity index (χ0n) is 13.4. The highest BCUT2D eigenvalue weighted by Crippen LogP contribution is 2.30. The molecule has 112 valence electrons. The molecule has 19 heavy (non-hydrogen) atoms. The maximum atomic E-state index is 3.57. The largest absolute Gasteiger partial charge is 0.315 e. The van der Waals surface area contributed by atoms with Crippen LogP contribution in [0.3, 0.4) is 0 Å². The number of rotatable bonds is 4. The molecular formula is C16H33N3. The molecule has 1 aliphatic heterocycles. The van der Waals surface area contributed by atoms with E-state index in [4.69, 9.17) is 0 Å². The van der Waals surface area contributed by atoms with E-state index in [9.17, 15) is 0 Å². The zero-order chi connectivity index (χ0) is 13.8. The van der Waals surface area contributed by atoms with Gasteiger partial charge in [0.1, 0.15) is 0 Å². The second kappa shape index (κ2) is 7.05. The summed E-state index contributed by atoms with van der Waals surface area (Å²) >= 11 is 0. The van der Waals surface area contributed by atoms with Crippen LogP contribution < -0.4 is 5.32 Å². The average Bonchev–Trinajstić information content (AvgIpc) is 2.39. The molecule has 3 nitrogen and oxygen atoms in total. The van der Waals surface area contributed by atoms with Crippen LogP contribution in [0.4, 0.5) is 0 Å². The van der Waals surface area contributed by atoms with Crippen LogP contribution in [-0.4, -0.2) is 62.7 Å². The molecule has 1 saturated carbocycles. The third-order valence-corrected chi connectivity index (χ3v) is 5.19. The van der Waals surface area contributed by atoms with Gasteiger partial charge in [0.2, 0.25) is 0 Å². The summed E-state index contributed by atoms with van der Waals surface area (Å²) in [5.41, 5.74) is 0. The molecule has 2 aliphatic rings. The van der Waals surface area contributed by atoms with Crippen LogP contribution in [0.5, 0.6) is 0 Å². The van der Waals surface area contributed by atoms with Gasteiger partial charge < -0.3 is 10.2 Å². The van der Waals surface area contributed by atoms with E-state index in [1.807, 2.05) is 0 Å². The van der Waals surface area contributed by atoms with Crippen molar-refractivity contribution in [2.45, 2.75) is 51.1 Å². The molecule has 1 aliphatic carbocycles. The Bertz CT molecular complexity index is 259. The van der Waals surface area contributed by atoms with Gasteiger partial charge in [0.25, 0.3) is 0 Å². The lowest BCUT2D eigenvalue weighted by molar-refractivity contribution is 0.0653. The van der Waals surface area contributed by atoms with Gasteiger partial charge in [-0.05, 0) is 78.2 Å². The predicted molar refractivity (Wildman–Crippen MR) is 82.5 cm³/mol. The highest BCUT2D eigenvalue weighted by Gasteiger charge is 2.33. The van der Waals surface area contributed by atoms with Crippen molar-refractivity contribution in [1.82, 2.24) is 15.1 Å². The number of hydrogen-bond donors (Lipinski definition) is 1. The van der Waals surface area contributed by atoms with Gasteiger partial charge in [-0.25, -0.2) is 0 Å². The van der Waals surface area contributed by atoms with E-state index in [0.717, 1.165) is 23.9 Å². The third-order valence-electron chi connectivity index (χ3n) is 5.19. The number of piperidine rings is 1. The fraction of sp³-hybridized carbons (Fsp3) is 1.00. The van der Waals surface area contributed by atoms with Gasteiger partial charge in [-0.1, -0.05) is 6.92 Å². The maximum Gasteiger partial charge on any atom is 0.0251 e. The van der Waals surface area contributed by atoms with Crippen molar-refractivity contribution in [1.29, 1.82) is 0 Å². The van der Waals surface area contributed by atoms with Gasteiger partial charge >= 0.3 is 0 Å². The number of nitrogens with zero attached hydrogens (tertiary/aromatic N) is 2. The lowest BCUT2D eigenvalue weighted by Crippen LogP contribution is -2.54. The summed E-state index contributed by atoms with van der Waals surface area (Å²) in [7, 11) is 6.55. The number of nitrogens with one attached hydrogen (secondary N) is 1. The normalized spacial score (nSPS) is 34.9. The van der Waals surface area contributed by atoms with Crippen molar-refractivity contribution >= 4 is 0 Å². The van der Waals surface area contributed by atoms with E-state index in [-0.39, 0.29) is 0 Å². The monoisotopic (exact) mass is 267 g/mol. The van der Waals surface area contributed by atoms with Gasteiger partial charge in [-0.2, -0.15) is 0 Å². The molecule has 0 aromatic carbocycles. The fourth-order valence-electron chi connectivity index (χ4n) is 4.07. The summed E-state index contributed by atoms with van der Waals surface area (Å²) < 4.78 is 0. The molecule has 1 N–H and O–H groups in total. The third kappa shape index (κ3) is 4.17. The fourth-order valence-corrected chi connectivity index (χ4v) is 4.07. The molecule has 3 heteroatoms. The van der Waals surface area contributed by atoms with E-state index >= 15 is 0 Å². The Morgan fingerprint density at radius 2 is 1.79 bits per heavy atom. The quantitative estimate of drug-likeness (QED) is 0.841. The van der Waals surface area contributed by atoms with Gasteiger partial charge in [0, 0.05) is 18.6 Å². The van der Waals surface area contributed by atoms with Crippen LogP contribution in [0.1, 0.15) is 39.0 Å². The Labute approximate surface area is 119 Å². The van der Waals surface area contributed by atoms with Gasteiger partial charge in [-0.3, -0.25) is 4.90 Å². The lowest BCUT2D eigenvalue weighted by Gasteiger charge is -2.45. The van der Waals surface area contributed by atoms with E-state index in [0.29, 0.717) is 0 Å². The molecule has 2 rings (SSSR count). The lowest BCUT2D eigenvalue weighted by atomic mass is 9.81. The van der Waals surface area contributed by atoms with Crippen LogP contribution in [0.15, 0.2) is 0 Å². The second-order valence-corrected chi connectivity index (χ2v) is 7.12. The summed E-state index contributed by atoms with van der Waals surface area (Å²) in [4.78, 5) is 5.13. The minimum absolute atomic E-state index is 0.724. The van der Waals surface area contributed by atoms with Crippen LogP contribution >= 0.6 is 0 Å². The molecule has 3 unspecified atom stereocenters. The first-order valence-corrected chi connectivity index (χ1v) is 8.16. The number of likely N-dealkylation sites (tertiary alicyclic amines) is 1. The van der Waals surface area contributed by atoms with Gasteiger partial charge in [0.05, 0.1) is 0 Å². The van der Waals surface area contributed by atoms with Crippen molar-refractivity contribution in [2.75, 3.05) is 40.8 Å². The van der Waals surface area contributed by atoms with E-state index in [1.165, 1.54) is 51.7 Å². The van der Waals surface area contributed by atoms with Crippen molar-refractivity contribution in [2.24, 2.45) is 11.8 Å². The first-order valence-electron chi connectivity index (χ1n) is 8.16. The van der Waals surface area contributed by atoms with Gasteiger partial charge in [0.15, 0.2) is 0 Å². The highest BCUT2D eigenvalue weighted by atomic mass is 15.2. The van der Waals surface area contributed by atoms with Crippen LogP contribution in [0.25, 0.3) is 0 Å². The van der Waals surface area contributed by atoms with E-state index in [1.54, 1.807) is 0 Å². The first-order chi connectivity index (χ1) is 9.10. The Morgan fingerprint density at radius 3 is 2.37 bits per heavy atom. The molecule has 0 amide bonds. The molecular weight excluding hydrogens is 234 g/mol. The molecule has 0 radical (unpaired) electrons. The highest BCUT2D eigenvalue weighted by molar-refractivity contribution is 4.91. The molecule has 0 aromatic rings. The number of hydrogen-bond acceptors (Lipinski definition) is 3. The SMILES string of the molecule is CNC1CCC(C)CC1N1CCC(CN(C)C)CC1. The summed E-state index contributed by atoms with van der Waals surface area (Å²) in [6.07, 6.45) is 6.93. The predicted octanol–water partition coefficient (Wildman–Crippen LogP) is 2.04. The van der Waals surface area contributed by atoms with Crippen LogP contribution in [-0.2, 0) is 0 Å². The minimum Gasteiger partial charge on any atom is -0.315 e. The second-order valence-electron chi connectivity index (χ2n) is 7.12. The minimum atomic E-state index is 0.724. The molecule has 3 atom stereocenters. The Morgan fingerprint density at radius 1 is 1.11 bits per heavy atom. The molecule has 1 saturated heterocycles. The van der Waals surface area contributed by atoms with Crippen LogP contribution in [0, 0.1) is 11.8 Å². The molecule has 1 heterocycles. The smallest absolute Gasteiger partial charge is 0.0251 e. The van der Waals surface area contributed by atoms with E-state index in [2.05, 4.69) is 43.2 Å². The van der Waals surface area contributed by atoms with Crippen LogP contribution in [0.2, 0.25) is 0 Å². The molecule has 0 aromatic heterocycles.